The van der Waals surface area contributed by atoms with Gasteiger partial charge in [-0.15, -0.1) is 0 Å². The number of amides is 2. The van der Waals surface area contributed by atoms with E-state index in [1.807, 2.05) is 77.9 Å². The van der Waals surface area contributed by atoms with Gasteiger partial charge in [0.25, 0.3) is 0 Å². The first-order chi connectivity index (χ1) is 16.3. The third kappa shape index (κ3) is 7.82. The molecule has 1 unspecified atom stereocenters. The molecule has 0 radical (unpaired) electrons. The molecule has 0 saturated carbocycles. The number of anilines is 1. The van der Waals surface area contributed by atoms with Crippen LogP contribution in [0.1, 0.15) is 63.6 Å². The second-order valence-electron chi connectivity index (χ2n) is 9.58. The Hall–Kier alpha value is -2.87. The predicted molar refractivity (Wildman–Crippen MR) is 142 cm³/mol. The fourth-order valence-corrected chi connectivity index (χ4v) is 4.97. The highest BCUT2D eigenvalue weighted by atomic mass is 32.2. The van der Waals surface area contributed by atoms with E-state index in [2.05, 4.69) is 5.32 Å². The van der Waals surface area contributed by atoms with E-state index in [1.165, 1.54) is 4.90 Å². The maximum Gasteiger partial charge on any atom is 0.244 e. The van der Waals surface area contributed by atoms with Crippen molar-refractivity contribution in [2.45, 2.75) is 72.5 Å². The predicted octanol–water partition coefficient (Wildman–Crippen LogP) is 4.22. The summed E-state index contributed by atoms with van der Waals surface area (Å²) in [6, 6.07) is 14.1. The van der Waals surface area contributed by atoms with Crippen LogP contribution < -0.4 is 9.62 Å². The standard InChI is InChI=1S/C27H39N3O4S/c1-8-24(27(32)28-20(4)5)29(17-22-13-11-12-21(6)16-22)26(31)18-30(35(7,33)34)25-15-10-9-14-23(25)19(2)3/h9-16,19-20,24H,8,17-18H2,1-7H3,(H,28,32). The van der Waals surface area contributed by atoms with Crippen LogP contribution in [0.4, 0.5) is 5.69 Å². The number of hydrogen-bond donors (Lipinski definition) is 1. The normalized spacial score (nSPS) is 12.5. The monoisotopic (exact) mass is 501 g/mol. The first-order valence-electron chi connectivity index (χ1n) is 12.1. The quantitative estimate of drug-likeness (QED) is 0.500. The fraction of sp³-hybridized carbons (Fsp3) is 0.481. The number of hydrogen-bond acceptors (Lipinski definition) is 4. The minimum atomic E-state index is -3.77. The third-order valence-electron chi connectivity index (χ3n) is 5.76. The van der Waals surface area contributed by atoms with Crippen molar-refractivity contribution in [1.82, 2.24) is 10.2 Å². The molecule has 7 nitrogen and oxygen atoms in total. The van der Waals surface area contributed by atoms with Crippen molar-refractivity contribution in [3.05, 3.63) is 65.2 Å². The van der Waals surface area contributed by atoms with Crippen molar-refractivity contribution >= 4 is 27.5 Å². The summed E-state index contributed by atoms with van der Waals surface area (Å²) < 4.78 is 26.9. The van der Waals surface area contributed by atoms with Crippen LogP contribution in [-0.2, 0) is 26.2 Å². The van der Waals surface area contributed by atoms with Gasteiger partial charge in [-0.3, -0.25) is 13.9 Å². The number of rotatable bonds is 11. The zero-order valence-electron chi connectivity index (χ0n) is 21.9. The Balaban J connectivity index is 2.51. The molecule has 0 heterocycles. The number of benzene rings is 2. The van der Waals surface area contributed by atoms with Crippen molar-refractivity contribution in [2.75, 3.05) is 17.1 Å². The summed E-state index contributed by atoms with van der Waals surface area (Å²) in [7, 11) is -3.77. The van der Waals surface area contributed by atoms with Crippen LogP contribution in [0.15, 0.2) is 48.5 Å². The zero-order chi connectivity index (χ0) is 26.3. The Morgan fingerprint density at radius 3 is 2.20 bits per heavy atom. The topological polar surface area (TPSA) is 86.8 Å². The average Bonchev–Trinajstić information content (AvgIpc) is 2.76. The highest BCUT2D eigenvalue weighted by molar-refractivity contribution is 7.92. The van der Waals surface area contributed by atoms with E-state index in [4.69, 9.17) is 0 Å². The molecule has 2 aromatic rings. The molecule has 2 rings (SSSR count). The summed E-state index contributed by atoms with van der Waals surface area (Å²) in [5.74, 6) is -0.618. The molecule has 1 atom stereocenters. The molecule has 0 spiro atoms. The Labute approximate surface area is 210 Å². The molecule has 192 valence electrons. The molecule has 8 heteroatoms. The molecule has 0 aromatic heterocycles. The number of aryl methyl sites for hydroxylation is 1. The van der Waals surface area contributed by atoms with Crippen molar-refractivity contribution in [2.24, 2.45) is 0 Å². The van der Waals surface area contributed by atoms with Gasteiger partial charge in [0, 0.05) is 12.6 Å². The van der Waals surface area contributed by atoms with E-state index in [1.54, 1.807) is 12.1 Å². The van der Waals surface area contributed by atoms with Crippen molar-refractivity contribution in [1.29, 1.82) is 0 Å². The average molecular weight is 502 g/mol. The lowest BCUT2D eigenvalue weighted by atomic mass is 10.0. The first-order valence-corrected chi connectivity index (χ1v) is 13.9. The second kappa shape index (κ2) is 12.2. The third-order valence-corrected chi connectivity index (χ3v) is 6.89. The van der Waals surface area contributed by atoms with Crippen LogP contribution >= 0.6 is 0 Å². The molecule has 0 saturated heterocycles. The molecule has 0 aliphatic carbocycles. The molecular weight excluding hydrogens is 462 g/mol. The fourth-order valence-electron chi connectivity index (χ4n) is 4.11. The first kappa shape index (κ1) is 28.4. The number of para-hydroxylation sites is 1. The summed E-state index contributed by atoms with van der Waals surface area (Å²) in [6.45, 7) is 11.3. The van der Waals surface area contributed by atoms with Gasteiger partial charge in [0.15, 0.2) is 0 Å². The number of sulfonamides is 1. The lowest BCUT2D eigenvalue weighted by molar-refractivity contribution is -0.140. The van der Waals surface area contributed by atoms with Gasteiger partial charge in [-0.2, -0.15) is 0 Å². The summed E-state index contributed by atoms with van der Waals surface area (Å²) >= 11 is 0. The molecule has 0 bridgehead atoms. The zero-order valence-corrected chi connectivity index (χ0v) is 22.7. The SMILES string of the molecule is CCC(C(=O)NC(C)C)N(Cc1cccc(C)c1)C(=O)CN(c1ccccc1C(C)C)S(C)(=O)=O. The van der Waals surface area contributed by atoms with Crippen molar-refractivity contribution in [3.63, 3.8) is 0 Å². The second-order valence-corrected chi connectivity index (χ2v) is 11.5. The van der Waals surface area contributed by atoms with Crippen molar-refractivity contribution < 1.29 is 18.0 Å². The van der Waals surface area contributed by atoms with Crippen LogP contribution in [-0.4, -0.2) is 50.0 Å². The van der Waals surface area contributed by atoms with Gasteiger partial charge in [-0.25, -0.2) is 8.42 Å². The van der Waals surface area contributed by atoms with E-state index in [0.29, 0.717) is 12.1 Å². The van der Waals surface area contributed by atoms with Crippen molar-refractivity contribution in [3.8, 4) is 0 Å². The largest absolute Gasteiger partial charge is 0.352 e. The van der Waals surface area contributed by atoms with Crippen LogP contribution in [0.25, 0.3) is 0 Å². The van der Waals surface area contributed by atoms with Gasteiger partial charge in [0.2, 0.25) is 21.8 Å². The van der Waals surface area contributed by atoms with E-state index in [9.17, 15) is 18.0 Å². The lowest BCUT2D eigenvalue weighted by Crippen LogP contribution is -2.53. The van der Waals surface area contributed by atoms with Gasteiger partial charge in [0.05, 0.1) is 11.9 Å². The Bertz CT molecular complexity index is 1130. The van der Waals surface area contributed by atoms with E-state index < -0.39 is 22.0 Å². The molecule has 0 aliphatic rings. The van der Waals surface area contributed by atoms with Gasteiger partial charge in [-0.1, -0.05) is 68.8 Å². The summed E-state index contributed by atoms with van der Waals surface area (Å²) in [5.41, 5.74) is 3.23. The summed E-state index contributed by atoms with van der Waals surface area (Å²) in [5, 5.41) is 2.90. The van der Waals surface area contributed by atoms with Gasteiger partial charge < -0.3 is 10.2 Å². The number of nitrogens with one attached hydrogen (secondary N) is 1. The summed E-state index contributed by atoms with van der Waals surface area (Å²) in [4.78, 5) is 28.3. The number of carbonyl (C=O) groups is 2. The minimum Gasteiger partial charge on any atom is -0.352 e. The van der Waals surface area contributed by atoms with E-state index in [-0.39, 0.29) is 31.0 Å². The van der Waals surface area contributed by atoms with Crippen LogP contribution in [0.5, 0.6) is 0 Å². The minimum absolute atomic E-state index is 0.0640. The summed E-state index contributed by atoms with van der Waals surface area (Å²) in [6.07, 6.45) is 1.50. The van der Waals surface area contributed by atoms with Gasteiger partial charge in [0.1, 0.15) is 12.6 Å². The van der Waals surface area contributed by atoms with Gasteiger partial charge in [-0.05, 0) is 50.3 Å². The maximum absolute atomic E-state index is 13.8. The lowest BCUT2D eigenvalue weighted by Gasteiger charge is -2.34. The van der Waals surface area contributed by atoms with Crippen LogP contribution in [0.2, 0.25) is 0 Å². The number of nitrogens with zero attached hydrogens (tertiary/aromatic N) is 2. The molecule has 2 amide bonds. The van der Waals surface area contributed by atoms with Gasteiger partial charge >= 0.3 is 0 Å². The van der Waals surface area contributed by atoms with E-state index >= 15 is 0 Å². The molecule has 1 N–H and O–H groups in total. The molecule has 35 heavy (non-hydrogen) atoms. The Morgan fingerprint density at radius 1 is 1.00 bits per heavy atom. The molecular formula is C27H39N3O4S. The maximum atomic E-state index is 13.8. The molecule has 2 aromatic carbocycles. The molecule has 0 aliphatic heterocycles. The Kier molecular flexibility index (Phi) is 9.89. The van der Waals surface area contributed by atoms with Crippen LogP contribution in [0, 0.1) is 6.92 Å². The number of carbonyl (C=O) groups excluding carboxylic acids is 2. The highest BCUT2D eigenvalue weighted by Gasteiger charge is 2.32. The van der Waals surface area contributed by atoms with Crippen LogP contribution in [0.3, 0.4) is 0 Å². The smallest absolute Gasteiger partial charge is 0.244 e. The van der Waals surface area contributed by atoms with E-state index in [0.717, 1.165) is 27.3 Å². The highest BCUT2D eigenvalue weighted by Crippen LogP contribution is 2.29. The Morgan fingerprint density at radius 2 is 1.66 bits per heavy atom. The molecule has 0 fully saturated rings.